The molecule has 1 aromatic carbocycles. The number of hydrogen-bond donors (Lipinski definition) is 1. The molecule has 1 heterocycles. The summed E-state index contributed by atoms with van der Waals surface area (Å²) in [5, 5.41) is 22.0. The van der Waals surface area contributed by atoms with E-state index in [1.165, 1.54) is 17.1 Å². The van der Waals surface area contributed by atoms with E-state index in [0.29, 0.717) is 11.3 Å². The van der Waals surface area contributed by atoms with Crippen LogP contribution in [0.4, 0.5) is 5.69 Å². The quantitative estimate of drug-likeness (QED) is 0.900. The predicted molar refractivity (Wildman–Crippen MR) is 69.6 cm³/mol. The number of nitrogens with zero attached hydrogens (tertiary/aromatic N) is 4. The maximum absolute atomic E-state index is 10.8. The number of aromatic nitrogens is 2. The van der Waals surface area contributed by atoms with Crippen LogP contribution in [0.15, 0.2) is 30.6 Å². The van der Waals surface area contributed by atoms with Crippen molar-refractivity contribution in [1.29, 1.82) is 5.26 Å². The van der Waals surface area contributed by atoms with Crippen LogP contribution in [0.1, 0.15) is 15.9 Å². The van der Waals surface area contributed by atoms with E-state index in [2.05, 4.69) is 11.2 Å². The Balaban J connectivity index is 2.46. The summed E-state index contributed by atoms with van der Waals surface area (Å²) in [6, 6.07) is 7.38. The van der Waals surface area contributed by atoms with Gasteiger partial charge in [0.2, 0.25) is 0 Å². The van der Waals surface area contributed by atoms with Gasteiger partial charge in [0.15, 0.2) is 0 Å². The van der Waals surface area contributed by atoms with E-state index in [1.54, 1.807) is 18.2 Å². The van der Waals surface area contributed by atoms with Gasteiger partial charge in [-0.1, -0.05) is 0 Å². The molecule has 0 aliphatic heterocycles. The lowest BCUT2D eigenvalue weighted by molar-refractivity contribution is 0.0697. The van der Waals surface area contributed by atoms with Gasteiger partial charge in [0.05, 0.1) is 28.7 Å². The minimum atomic E-state index is -1.03. The Hall–Kier alpha value is -2.81. The van der Waals surface area contributed by atoms with Crippen LogP contribution in [-0.4, -0.2) is 35.0 Å². The summed E-state index contributed by atoms with van der Waals surface area (Å²) in [7, 11) is 3.71. The number of nitriles is 1. The highest BCUT2D eigenvalue weighted by Gasteiger charge is 2.10. The Bertz CT molecular complexity index is 668. The molecule has 0 amide bonds. The first-order chi connectivity index (χ1) is 9.02. The maximum atomic E-state index is 10.8. The molecule has 0 saturated heterocycles. The molecule has 0 bridgehead atoms. The normalized spacial score (nSPS) is 9.95. The van der Waals surface area contributed by atoms with Crippen LogP contribution in [0, 0.1) is 11.3 Å². The minimum absolute atomic E-state index is 0.107. The largest absolute Gasteiger partial charge is 0.478 e. The molecule has 1 aromatic heterocycles. The summed E-state index contributed by atoms with van der Waals surface area (Å²) >= 11 is 0. The molecule has 96 valence electrons. The molecule has 0 atom stereocenters. The van der Waals surface area contributed by atoms with Crippen LogP contribution < -0.4 is 4.90 Å². The molecule has 6 heteroatoms. The Morgan fingerprint density at radius 2 is 2.21 bits per heavy atom. The SMILES string of the molecule is CN(C)c1ccc(-n2cc(C(=O)O)cn2)cc1C#N. The highest BCUT2D eigenvalue weighted by Crippen LogP contribution is 2.21. The molecule has 2 aromatic rings. The van der Waals surface area contributed by atoms with Crippen LogP contribution in [-0.2, 0) is 0 Å². The van der Waals surface area contributed by atoms with Gasteiger partial charge in [-0.3, -0.25) is 0 Å². The lowest BCUT2D eigenvalue weighted by Gasteiger charge is -2.14. The summed E-state index contributed by atoms with van der Waals surface area (Å²) in [6.07, 6.45) is 2.68. The molecular weight excluding hydrogens is 244 g/mol. The number of aromatic carboxylic acids is 1. The third kappa shape index (κ3) is 2.40. The van der Waals surface area contributed by atoms with Crippen molar-refractivity contribution < 1.29 is 9.90 Å². The molecule has 1 N–H and O–H groups in total. The van der Waals surface area contributed by atoms with Crippen molar-refractivity contribution in [2.45, 2.75) is 0 Å². The Morgan fingerprint density at radius 1 is 1.47 bits per heavy atom. The van der Waals surface area contributed by atoms with E-state index in [4.69, 9.17) is 10.4 Å². The topological polar surface area (TPSA) is 82.2 Å². The van der Waals surface area contributed by atoms with Crippen molar-refractivity contribution in [2.75, 3.05) is 19.0 Å². The number of hydrogen-bond acceptors (Lipinski definition) is 4. The number of benzene rings is 1. The van der Waals surface area contributed by atoms with Gasteiger partial charge in [0.1, 0.15) is 6.07 Å². The lowest BCUT2D eigenvalue weighted by atomic mass is 10.1. The smallest absolute Gasteiger partial charge is 0.338 e. The second-order valence-corrected chi connectivity index (χ2v) is 4.19. The van der Waals surface area contributed by atoms with Crippen LogP contribution in [0.2, 0.25) is 0 Å². The third-order valence-corrected chi connectivity index (χ3v) is 2.68. The van der Waals surface area contributed by atoms with E-state index in [9.17, 15) is 4.79 Å². The van der Waals surface area contributed by atoms with Crippen molar-refractivity contribution >= 4 is 11.7 Å². The van der Waals surface area contributed by atoms with Gasteiger partial charge in [-0.25, -0.2) is 9.48 Å². The number of carboxylic acid groups (broad SMARTS) is 1. The monoisotopic (exact) mass is 256 g/mol. The van der Waals surface area contributed by atoms with Gasteiger partial charge in [0.25, 0.3) is 0 Å². The molecule has 0 fully saturated rings. The highest BCUT2D eigenvalue weighted by atomic mass is 16.4. The summed E-state index contributed by atoms with van der Waals surface area (Å²) in [5.74, 6) is -1.03. The summed E-state index contributed by atoms with van der Waals surface area (Å²) in [5.41, 5.74) is 2.07. The third-order valence-electron chi connectivity index (χ3n) is 2.68. The van der Waals surface area contributed by atoms with Crippen LogP contribution in [0.25, 0.3) is 5.69 Å². The average molecular weight is 256 g/mol. The molecule has 0 saturated carbocycles. The fraction of sp³-hybridized carbons (Fsp3) is 0.154. The van der Waals surface area contributed by atoms with E-state index >= 15 is 0 Å². The van der Waals surface area contributed by atoms with Gasteiger partial charge in [0, 0.05) is 20.3 Å². The summed E-state index contributed by atoms with van der Waals surface area (Å²) in [6.45, 7) is 0. The molecule has 6 nitrogen and oxygen atoms in total. The van der Waals surface area contributed by atoms with Gasteiger partial charge < -0.3 is 10.0 Å². The second-order valence-electron chi connectivity index (χ2n) is 4.19. The van der Waals surface area contributed by atoms with Gasteiger partial charge in [-0.15, -0.1) is 0 Å². The van der Waals surface area contributed by atoms with E-state index < -0.39 is 5.97 Å². The standard InChI is InChI=1S/C13H12N4O2/c1-16(2)12-4-3-11(5-9(12)6-14)17-8-10(7-15-17)13(18)19/h3-5,7-8H,1-2H3,(H,18,19). The molecule has 0 aliphatic rings. The number of carboxylic acids is 1. The molecular formula is C13H12N4O2. The molecule has 0 radical (unpaired) electrons. The number of carbonyl (C=O) groups is 1. The minimum Gasteiger partial charge on any atom is -0.478 e. The summed E-state index contributed by atoms with van der Waals surface area (Å²) < 4.78 is 1.43. The van der Waals surface area contributed by atoms with Gasteiger partial charge >= 0.3 is 5.97 Å². The fourth-order valence-electron chi connectivity index (χ4n) is 1.72. The fourth-order valence-corrected chi connectivity index (χ4v) is 1.72. The Kier molecular flexibility index (Phi) is 3.21. The van der Waals surface area contributed by atoms with Gasteiger partial charge in [-0.05, 0) is 18.2 Å². The predicted octanol–water partition coefficient (Wildman–Crippen LogP) is 1.51. The molecule has 2 rings (SSSR count). The van der Waals surface area contributed by atoms with Crippen molar-refractivity contribution in [2.24, 2.45) is 0 Å². The first-order valence-corrected chi connectivity index (χ1v) is 5.52. The molecule has 0 spiro atoms. The lowest BCUT2D eigenvalue weighted by Crippen LogP contribution is -2.10. The van der Waals surface area contributed by atoms with E-state index in [-0.39, 0.29) is 5.56 Å². The Labute approximate surface area is 110 Å². The molecule has 19 heavy (non-hydrogen) atoms. The molecule has 0 unspecified atom stereocenters. The zero-order valence-electron chi connectivity index (χ0n) is 10.5. The van der Waals surface area contributed by atoms with Crippen molar-refractivity contribution in [1.82, 2.24) is 9.78 Å². The zero-order valence-corrected chi connectivity index (χ0v) is 10.5. The van der Waals surface area contributed by atoms with Gasteiger partial charge in [-0.2, -0.15) is 10.4 Å². The van der Waals surface area contributed by atoms with Crippen LogP contribution in [0.3, 0.4) is 0 Å². The number of anilines is 1. The van der Waals surface area contributed by atoms with Crippen molar-refractivity contribution in [3.63, 3.8) is 0 Å². The van der Waals surface area contributed by atoms with Crippen molar-refractivity contribution in [3.05, 3.63) is 41.7 Å². The van der Waals surface area contributed by atoms with E-state index in [0.717, 1.165) is 5.69 Å². The average Bonchev–Trinajstić information content (AvgIpc) is 2.87. The van der Waals surface area contributed by atoms with Crippen LogP contribution >= 0.6 is 0 Å². The molecule has 0 aliphatic carbocycles. The first-order valence-electron chi connectivity index (χ1n) is 5.52. The van der Waals surface area contributed by atoms with Crippen molar-refractivity contribution in [3.8, 4) is 11.8 Å². The van der Waals surface area contributed by atoms with E-state index in [1.807, 2.05) is 19.0 Å². The first kappa shape index (κ1) is 12.6. The second kappa shape index (κ2) is 4.82. The summed E-state index contributed by atoms with van der Waals surface area (Å²) in [4.78, 5) is 12.6. The number of rotatable bonds is 3. The highest BCUT2D eigenvalue weighted by molar-refractivity contribution is 5.87. The maximum Gasteiger partial charge on any atom is 0.338 e. The van der Waals surface area contributed by atoms with Crippen LogP contribution in [0.5, 0.6) is 0 Å². The Morgan fingerprint density at radius 3 is 2.74 bits per heavy atom. The zero-order chi connectivity index (χ0) is 14.0.